The van der Waals surface area contributed by atoms with Crippen LogP contribution in [0.1, 0.15) is 6.92 Å². The van der Waals surface area contributed by atoms with Crippen LogP contribution >= 0.6 is 0 Å². The van der Waals surface area contributed by atoms with Crippen molar-refractivity contribution in [2.24, 2.45) is 0 Å². The Morgan fingerprint density at radius 1 is 1.75 bits per heavy atom. The topological polar surface area (TPSA) is 49.0 Å². The zero-order valence-corrected chi connectivity index (χ0v) is 7.10. The summed E-state index contributed by atoms with van der Waals surface area (Å²) in [7, 11) is 1.53. The van der Waals surface area contributed by atoms with Gasteiger partial charge in [0, 0.05) is 13.3 Å². The van der Waals surface area contributed by atoms with Crippen LogP contribution in [-0.2, 0) is 11.5 Å². The molecule has 0 amide bonds. The van der Waals surface area contributed by atoms with E-state index < -0.39 is 0 Å². The second-order valence-corrected chi connectivity index (χ2v) is 2.23. The molecule has 0 aliphatic rings. The molecule has 0 bridgehead atoms. The average molecular weight is 169 g/mol. The van der Waals surface area contributed by atoms with Gasteiger partial charge in [-0.25, -0.2) is 4.79 Å². The second-order valence-electron chi connectivity index (χ2n) is 2.23. The second kappa shape index (κ2) is 3.87. The van der Waals surface area contributed by atoms with E-state index in [1.54, 1.807) is 12.3 Å². The first-order chi connectivity index (χ1) is 5.79. The molecule has 0 radical (unpaired) electrons. The summed E-state index contributed by atoms with van der Waals surface area (Å²) >= 11 is 0. The van der Waals surface area contributed by atoms with Gasteiger partial charge in [-0.3, -0.25) is 4.57 Å². The van der Waals surface area contributed by atoms with Crippen LogP contribution in [-0.4, -0.2) is 21.5 Å². The van der Waals surface area contributed by atoms with E-state index in [1.807, 2.05) is 6.92 Å². The predicted octanol–water partition coefficient (Wildman–Crippen LogP) is 0.139. The molecule has 1 aromatic heterocycles. The average Bonchev–Trinajstić information content (AvgIpc) is 2.38. The van der Waals surface area contributed by atoms with Crippen LogP contribution in [0.4, 0.5) is 0 Å². The Labute approximate surface area is 69.9 Å². The summed E-state index contributed by atoms with van der Waals surface area (Å²) in [5, 5.41) is 3.82. The Balaban J connectivity index is 2.97. The third-order valence-corrected chi connectivity index (χ3v) is 1.32. The van der Waals surface area contributed by atoms with Gasteiger partial charge in [0.05, 0.1) is 0 Å². The lowest BCUT2D eigenvalue weighted by Gasteiger charge is -1.94. The van der Waals surface area contributed by atoms with Crippen LogP contribution in [0.5, 0.6) is 0 Å². The molecule has 1 rings (SSSR count). The SMILES string of the molecule is C/C=C\n1ncn(COC)c1=O. The molecule has 5 nitrogen and oxygen atoms in total. The zero-order valence-electron chi connectivity index (χ0n) is 7.10. The smallest absolute Gasteiger partial charge is 0.351 e. The Kier molecular flexibility index (Phi) is 2.82. The van der Waals surface area contributed by atoms with Crippen molar-refractivity contribution in [3.63, 3.8) is 0 Å². The fourth-order valence-electron chi connectivity index (χ4n) is 0.819. The van der Waals surface area contributed by atoms with Crippen molar-refractivity contribution in [2.45, 2.75) is 13.7 Å². The quantitative estimate of drug-likeness (QED) is 0.646. The lowest BCUT2D eigenvalue weighted by molar-refractivity contribution is 0.128. The van der Waals surface area contributed by atoms with Crippen molar-refractivity contribution >= 4 is 6.20 Å². The summed E-state index contributed by atoms with van der Waals surface area (Å²) in [6.07, 6.45) is 4.77. The summed E-state index contributed by atoms with van der Waals surface area (Å²) < 4.78 is 7.41. The molecule has 0 saturated heterocycles. The van der Waals surface area contributed by atoms with E-state index in [2.05, 4.69) is 5.10 Å². The van der Waals surface area contributed by atoms with Gasteiger partial charge in [0.25, 0.3) is 0 Å². The molecule has 12 heavy (non-hydrogen) atoms. The number of rotatable bonds is 3. The van der Waals surface area contributed by atoms with E-state index in [4.69, 9.17) is 4.74 Å². The summed E-state index contributed by atoms with van der Waals surface area (Å²) in [6, 6.07) is 0. The highest BCUT2D eigenvalue weighted by Gasteiger charge is 1.99. The zero-order chi connectivity index (χ0) is 8.97. The number of hydrogen-bond donors (Lipinski definition) is 0. The van der Waals surface area contributed by atoms with Crippen molar-refractivity contribution in [3.8, 4) is 0 Å². The molecule has 5 heteroatoms. The highest BCUT2D eigenvalue weighted by molar-refractivity contribution is 5.16. The lowest BCUT2D eigenvalue weighted by atomic mass is 10.7. The van der Waals surface area contributed by atoms with E-state index in [1.165, 1.54) is 22.7 Å². The Morgan fingerprint density at radius 2 is 2.50 bits per heavy atom. The van der Waals surface area contributed by atoms with Gasteiger partial charge in [0.2, 0.25) is 0 Å². The minimum absolute atomic E-state index is 0.199. The van der Waals surface area contributed by atoms with E-state index in [0.717, 1.165) is 0 Å². The Morgan fingerprint density at radius 3 is 3.08 bits per heavy atom. The summed E-state index contributed by atoms with van der Waals surface area (Å²) in [4.78, 5) is 11.3. The number of nitrogens with zero attached hydrogens (tertiary/aromatic N) is 3. The maximum Gasteiger partial charge on any atom is 0.351 e. The summed E-state index contributed by atoms with van der Waals surface area (Å²) in [5.41, 5.74) is -0.199. The predicted molar refractivity (Wildman–Crippen MR) is 44.5 cm³/mol. The fraction of sp³-hybridized carbons (Fsp3) is 0.429. The monoisotopic (exact) mass is 169 g/mol. The molecule has 0 unspecified atom stereocenters. The lowest BCUT2D eigenvalue weighted by Crippen LogP contribution is -2.22. The van der Waals surface area contributed by atoms with Crippen LogP contribution in [0.2, 0.25) is 0 Å². The third-order valence-electron chi connectivity index (χ3n) is 1.32. The molecule has 1 heterocycles. The van der Waals surface area contributed by atoms with Gasteiger partial charge in [-0.1, -0.05) is 6.08 Å². The van der Waals surface area contributed by atoms with Gasteiger partial charge < -0.3 is 4.74 Å². The minimum Gasteiger partial charge on any atom is -0.364 e. The van der Waals surface area contributed by atoms with Crippen molar-refractivity contribution in [3.05, 3.63) is 22.9 Å². The van der Waals surface area contributed by atoms with Crippen molar-refractivity contribution in [2.75, 3.05) is 7.11 Å². The molecule has 0 aliphatic carbocycles. The number of allylic oxidation sites excluding steroid dienone is 1. The molecule has 0 aromatic carbocycles. The maximum absolute atomic E-state index is 11.3. The minimum atomic E-state index is -0.199. The van der Waals surface area contributed by atoms with Gasteiger partial charge in [-0.2, -0.15) is 9.78 Å². The number of aromatic nitrogens is 3. The summed E-state index contributed by atoms with van der Waals surface area (Å²) in [5.74, 6) is 0. The highest BCUT2D eigenvalue weighted by Crippen LogP contribution is 1.81. The van der Waals surface area contributed by atoms with E-state index in [0.29, 0.717) is 0 Å². The van der Waals surface area contributed by atoms with Crippen molar-refractivity contribution in [1.29, 1.82) is 0 Å². The van der Waals surface area contributed by atoms with Gasteiger partial charge in [-0.05, 0) is 6.92 Å². The molecule has 0 atom stereocenters. The standard InChI is InChI=1S/C7H11N3O2/c1-3-4-10-7(11)9(5-8-10)6-12-2/h3-5H,6H2,1-2H3/b4-3-. The maximum atomic E-state index is 11.3. The normalized spacial score (nSPS) is 11.2. The molecule has 0 N–H and O–H groups in total. The molecule has 0 aliphatic heterocycles. The molecule has 1 aromatic rings. The molecule has 0 fully saturated rings. The first kappa shape index (κ1) is 8.73. The van der Waals surface area contributed by atoms with Gasteiger partial charge in [-0.15, -0.1) is 0 Å². The summed E-state index contributed by atoms with van der Waals surface area (Å²) in [6.45, 7) is 2.05. The first-order valence-electron chi connectivity index (χ1n) is 3.55. The molecule has 0 saturated carbocycles. The van der Waals surface area contributed by atoms with Gasteiger partial charge in [0.1, 0.15) is 13.1 Å². The Bertz CT molecular complexity index is 324. The van der Waals surface area contributed by atoms with Crippen LogP contribution in [0.3, 0.4) is 0 Å². The number of ether oxygens (including phenoxy) is 1. The molecular weight excluding hydrogens is 158 g/mol. The van der Waals surface area contributed by atoms with Crippen molar-refractivity contribution < 1.29 is 4.74 Å². The van der Waals surface area contributed by atoms with Crippen LogP contribution in [0, 0.1) is 0 Å². The van der Waals surface area contributed by atoms with E-state index in [-0.39, 0.29) is 12.4 Å². The highest BCUT2D eigenvalue weighted by atomic mass is 16.5. The largest absolute Gasteiger partial charge is 0.364 e. The molecule has 66 valence electrons. The van der Waals surface area contributed by atoms with Gasteiger partial charge >= 0.3 is 5.69 Å². The Hall–Kier alpha value is -1.36. The van der Waals surface area contributed by atoms with Crippen LogP contribution in [0.15, 0.2) is 17.2 Å². The third kappa shape index (κ3) is 1.62. The molecule has 0 spiro atoms. The number of methoxy groups -OCH3 is 1. The van der Waals surface area contributed by atoms with E-state index >= 15 is 0 Å². The number of hydrogen-bond acceptors (Lipinski definition) is 3. The first-order valence-corrected chi connectivity index (χ1v) is 3.55. The van der Waals surface area contributed by atoms with Crippen LogP contribution < -0.4 is 5.69 Å². The van der Waals surface area contributed by atoms with Crippen LogP contribution in [0.25, 0.3) is 6.20 Å². The van der Waals surface area contributed by atoms with Gasteiger partial charge in [0.15, 0.2) is 0 Å². The van der Waals surface area contributed by atoms with Crippen molar-refractivity contribution in [1.82, 2.24) is 14.3 Å². The fourth-order valence-corrected chi connectivity index (χ4v) is 0.819. The van der Waals surface area contributed by atoms with E-state index in [9.17, 15) is 4.79 Å². The molecular formula is C7H11N3O2.